The van der Waals surface area contributed by atoms with Crippen molar-refractivity contribution in [3.63, 3.8) is 0 Å². The van der Waals surface area contributed by atoms with Crippen LogP contribution in [0.2, 0.25) is 5.02 Å². The average molecular weight is 356 g/mol. The Morgan fingerprint density at radius 2 is 1.68 bits per heavy atom. The first-order valence-corrected chi connectivity index (χ1v) is 8.05. The van der Waals surface area contributed by atoms with E-state index < -0.39 is 0 Å². The van der Waals surface area contributed by atoms with E-state index in [1.807, 2.05) is 12.1 Å². The van der Waals surface area contributed by atoms with E-state index in [0.29, 0.717) is 27.8 Å². The first-order chi connectivity index (χ1) is 12.1. The molecule has 3 aromatic rings. The Morgan fingerprint density at radius 3 is 2.44 bits per heavy atom. The lowest BCUT2D eigenvalue weighted by molar-refractivity contribution is -0.115. The number of hydrogen-bond donors (Lipinski definition) is 1. The molecule has 3 rings (SSSR count). The molecule has 0 aliphatic heterocycles. The topological polar surface area (TPSA) is 38.3 Å². The minimum absolute atomic E-state index is 0.0676. The predicted molar refractivity (Wildman–Crippen MR) is 96.7 cm³/mol. The molecule has 5 heteroatoms. The Bertz CT molecular complexity index is 898. The summed E-state index contributed by atoms with van der Waals surface area (Å²) in [5, 5.41) is 3.26. The van der Waals surface area contributed by atoms with Crippen molar-refractivity contribution in [2.45, 2.75) is 6.42 Å². The van der Waals surface area contributed by atoms with Gasteiger partial charge in [-0.05, 0) is 42.0 Å². The molecule has 3 nitrogen and oxygen atoms in total. The standard InChI is InChI=1S/C20H15ClFNO2/c21-16-8-1-3-10-18(16)25-19-11-4-2-9-17(19)23-20(24)13-14-6-5-7-15(22)12-14/h1-12H,13H2,(H,23,24). The number of hydrogen-bond acceptors (Lipinski definition) is 2. The maximum atomic E-state index is 13.2. The number of anilines is 1. The van der Waals surface area contributed by atoms with Crippen LogP contribution in [0.25, 0.3) is 0 Å². The first-order valence-electron chi connectivity index (χ1n) is 7.67. The minimum Gasteiger partial charge on any atom is -0.454 e. The van der Waals surface area contributed by atoms with Gasteiger partial charge in [-0.1, -0.05) is 48.0 Å². The Hall–Kier alpha value is -2.85. The number of ether oxygens (including phenoxy) is 1. The summed E-state index contributed by atoms with van der Waals surface area (Å²) in [4.78, 5) is 12.2. The Labute approximate surface area is 150 Å². The highest BCUT2D eigenvalue weighted by atomic mass is 35.5. The first kappa shape index (κ1) is 17.0. The summed E-state index contributed by atoms with van der Waals surface area (Å²) < 4.78 is 19.0. The van der Waals surface area contributed by atoms with Crippen molar-refractivity contribution in [2.24, 2.45) is 0 Å². The zero-order valence-corrected chi connectivity index (χ0v) is 14.0. The van der Waals surface area contributed by atoms with Crippen LogP contribution in [0, 0.1) is 5.82 Å². The van der Waals surface area contributed by atoms with Gasteiger partial charge >= 0.3 is 0 Å². The SMILES string of the molecule is O=C(Cc1cccc(F)c1)Nc1ccccc1Oc1ccccc1Cl. The molecule has 25 heavy (non-hydrogen) atoms. The second kappa shape index (κ2) is 7.81. The van der Waals surface area contributed by atoms with Gasteiger partial charge < -0.3 is 10.1 Å². The summed E-state index contributed by atoms with van der Waals surface area (Å²) in [7, 11) is 0. The molecule has 0 saturated carbocycles. The normalized spacial score (nSPS) is 10.3. The largest absolute Gasteiger partial charge is 0.454 e. The summed E-state index contributed by atoms with van der Waals surface area (Å²) in [6.45, 7) is 0. The van der Waals surface area contributed by atoms with E-state index in [0.717, 1.165) is 0 Å². The maximum absolute atomic E-state index is 13.2. The van der Waals surface area contributed by atoms with E-state index in [-0.39, 0.29) is 18.1 Å². The highest BCUT2D eigenvalue weighted by Gasteiger charge is 2.11. The molecule has 0 bridgehead atoms. The Balaban J connectivity index is 1.74. The molecule has 0 spiro atoms. The van der Waals surface area contributed by atoms with Gasteiger partial charge in [-0.15, -0.1) is 0 Å². The number of carbonyl (C=O) groups is 1. The lowest BCUT2D eigenvalue weighted by atomic mass is 10.1. The van der Waals surface area contributed by atoms with Crippen LogP contribution in [0.3, 0.4) is 0 Å². The highest BCUT2D eigenvalue weighted by Crippen LogP contribution is 2.33. The van der Waals surface area contributed by atoms with Crippen molar-refractivity contribution in [3.05, 3.63) is 89.2 Å². The van der Waals surface area contributed by atoms with Crippen molar-refractivity contribution in [1.29, 1.82) is 0 Å². The second-order valence-corrected chi connectivity index (χ2v) is 5.79. The minimum atomic E-state index is -0.368. The van der Waals surface area contributed by atoms with E-state index >= 15 is 0 Å². The summed E-state index contributed by atoms with van der Waals surface area (Å²) in [6, 6.07) is 20.1. The van der Waals surface area contributed by atoms with Gasteiger partial charge in [0.15, 0.2) is 5.75 Å². The van der Waals surface area contributed by atoms with E-state index in [1.54, 1.807) is 48.5 Å². The fourth-order valence-corrected chi connectivity index (χ4v) is 2.51. The molecule has 0 heterocycles. The molecule has 126 valence electrons. The average Bonchev–Trinajstić information content (AvgIpc) is 2.58. The van der Waals surface area contributed by atoms with Crippen molar-refractivity contribution in [2.75, 3.05) is 5.32 Å². The summed E-state index contributed by atoms with van der Waals surface area (Å²) in [5.41, 5.74) is 1.12. The molecule has 1 N–H and O–H groups in total. The predicted octanol–water partition coefficient (Wildman–Crippen LogP) is 5.45. The summed E-state index contributed by atoms with van der Waals surface area (Å²) >= 11 is 6.11. The van der Waals surface area contributed by atoms with Gasteiger partial charge in [0, 0.05) is 0 Å². The molecule has 0 atom stereocenters. The van der Waals surface area contributed by atoms with Gasteiger partial charge in [0.25, 0.3) is 0 Å². The number of rotatable bonds is 5. The third kappa shape index (κ3) is 4.58. The van der Waals surface area contributed by atoms with Crippen LogP contribution >= 0.6 is 11.6 Å². The van der Waals surface area contributed by atoms with Gasteiger partial charge in [-0.25, -0.2) is 4.39 Å². The smallest absolute Gasteiger partial charge is 0.228 e. The Morgan fingerprint density at radius 1 is 0.960 bits per heavy atom. The molecule has 0 unspecified atom stereocenters. The zero-order valence-electron chi connectivity index (χ0n) is 13.2. The van der Waals surface area contributed by atoms with E-state index in [4.69, 9.17) is 16.3 Å². The van der Waals surface area contributed by atoms with Crippen LogP contribution in [0.15, 0.2) is 72.8 Å². The third-order valence-electron chi connectivity index (χ3n) is 3.47. The molecule has 1 amide bonds. The van der Waals surface area contributed by atoms with Gasteiger partial charge in [0.2, 0.25) is 5.91 Å². The van der Waals surface area contributed by atoms with Crippen LogP contribution in [0.5, 0.6) is 11.5 Å². The fourth-order valence-electron chi connectivity index (χ4n) is 2.33. The Kier molecular flexibility index (Phi) is 5.31. The summed E-state index contributed by atoms with van der Waals surface area (Å²) in [6.07, 6.45) is 0.0676. The van der Waals surface area contributed by atoms with Crippen LogP contribution in [-0.2, 0) is 11.2 Å². The number of halogens is 2. The number of benzene rings is 3. The maximum Gasteiger partial charge on any atom is 0.228 e. The van der Waals surface area contributed by atoms with Crippen molar-refractivity contribution >= 4 is 23.2 Å². The fraction of sp³-hybridized carbons (Fsp3) is 0.0500. The molecule has 0 radical (unpaired) electrons. The molecular formula is C20H15ClFNO2. The second-order valence-electron chi connectivity index (χ2n) is 5.38. The van der Waals surface area contributed by atoms with Gasteiger partial charge in [-0.2, -0.15) is 0 Å². The molecule has 0 aromatic heterocycles. The van der Waals surface area contributed by atoms with E-state index in [1.165, 1.54) is 12.1 Å². The zero-order chi connectivity index (χ0) is 17.6. The third-order valence-corrected chi connectivity index (χ3v) is 3.78. The van der Waals surface area contributed by atoms with Crippen molar-refractivity contribution in [3.8, 4) is 11.5 Å². The number of para-hydroxylation sites is 3. The molecular weight excluding hydrogens is 341 g/mol. The lowest BCUT2D eigenvalue weighted by Gasteiger charge is -2.13. The number of amides is 1. The lowest BCUT2D eigenvalue weighted by Crippen LogP contribution is -2.15. The molecule has 0 saturated heterocycles. The molecule has 0 aliphatic carbocycles. The molecule has 3 aromatic carbocycles. The van der Waals surface area contributed by atoms with E-state index in [9.17, 15) is 9.18 Å². The van der Waals surface area contributed by atoms with Crippen LogP contribution in [0.4, 0.5) is 10.1 Å². The van der Waals surface area contributed by atoms with Crippen LogP contribution in [0.1, 0.15) is 5.56 Å². The van der Waals surface area contributed by atoms with Crippen LogP contribution in [-0.4, -0.2) is 5.91 Å². The quantitative estimate of drug-likeness (QED) is 0.660. The van der Waals surface area contributed by atoms with E-state index in [2.05, 4.69) is 5.32 Å². The molecule has 0 aliphatic rings. The van der Waals surface area contributed by atoms with Crippen molar-refractivity contribution in [1.82, 2.24) is 0 Å². The monoisotopic (exact) mass is 355 g/mol. The van der Waals surface area contributed by atoms with Crippen molar-refractivity contribution < 1.29 is 13.9 Å². The molecule has 0 fully saturated rings. The summed E-state index contributed by atoms with van der Waals surface area (Å²) in [5.74, 6) is 0.341. The number of carbonyl (C=O) groups excluding carboxylic acids is 1. The van der Waals surface area contributed by atoms with Gasteiger partial charge in [0.1, 0.15) is 11.6 Å². The van der Waals surface area contributed by atoms with Gasteiger partial charge in [0.05, 0.1) is 17.1 Å². The number of nitrogens with one attached hydrogen (secondary N) is 1. The van der Waals surface area contributed by atoms with Gasteiger partial charge in [-0.3, -0.25) is 4.79 Å². The van der Waals surface area contributed by atoms with Crippen LogP contribution < -0.4 is 10.1 Å². The highest BCUT2D eigenvalue weighted by molar-refractivity contribution is 6.32.